The second-order valence-corrected chi connectivity index (χ2v) is 4.27. The van der Waals surface area contributed by atoms with Gasteiger partial charge in [-0.2, -0.15) is 9.36 Å². The van der Waals surface area contributed by atoms with Crippen molar-refractivity contribution in [3.05, 3.63) is 42.5 Å². The fraction of sp³-hybridized carbons (Fsp3) is 0. The molecule has 0 unspecified atom stereocenters. The molecule has 0 amide bonds. The SMILES string of the molecule is Nc1nc(-c2cccc3ccccc23)ns1. The first-order valence-corrected chi connectivity index (χ1v) is 5.69. The van der Waals surface area contributed by atoms with E-state index in [9.17, 15) is 0 Å². The fourth-order valence-electron chi connectivity index (χ4n) is 1.76. The summed E-state index contributed by atoms with van der Waals surface area (Å²) in [6.45, 7) is 0. The van der Waals surface area contributed by atoms with Gasteiger partial charge in [-0.3, -0.25) is 0 Å². The van der Waals surface area contributed by atoms with Crippen molar-refractivity contribution >= 4 is 27.4 Å². The third-order valence-corrected chi connectivity index (χ3v) is 3.01. The molecule has 3 rings (SSSR count). The Balaban J connectivity index is 2.31. The van der Waals surface area contributed by atoms with Crippen molar-refractivity contribution in [1.29, 1.82) is 0 Å². The largest absolute Gasteiger partial charge is 0.374 e. The highest BCUT2D eigenvalue weighted by atomic mass is 32.1. The maximum absolute atomic E-state index is 5.60. The molecule has 0 saturated heterocycles. The Labute approximate surface area is 96.7 Å². The highest BCUT2D eigenvalue weighted by Crippen LogP contribution is 2.27. The third kappa shape index (κ3) is 1.44. The number of rotatable bonds is 1. The van der Waals surface area contributed by atoms with Crippen LogP contribution in [-0.2, 0) is 0 Å². The van der Waals surface area contributed by atoms with Gasteiger partial charge >= 0.3 is 0 Å². The van der Waals surface area contributed by atoms with E-state index >= 15 is 0 Å². The second kappa shape index (κ2) is 3.57. The van der Waals surface area contributed by atoms with E-state index in [1.165, 1.54) is 16.9 Å². The van der Waals surface area contributed by atoms with Gasteiger partial charge in [0.05, 0.1) is 0 Å². The molecule has 2 aromatic carbocycles. The standard InChI is InChI=1S/C12H9N3S/c13-12-14-11(15-16-12)10-7-3-5-8-4-1-2-6-9(8)10/h1-7H,(H2,13,14,15). The van der Waals surface area contributed by atoms with Crippen LogP contribution in [0, 0.1) is 0 Å². The molecule has 78 valence electrons. The summed E-state index contributed by atoms with van der Waals surface area (Å²) >= 11 is 1.22. The molecule has 0 radical (unpaired) electrons. The fourth-order valence-corrected chi connectivity index (χ4v) is 2.21. The number of hydrogen-bond acceptors (Lipinski definition) is 4. The van der Waals surface area contributed by atoms with Gasteiger partial charge in [0.1, 0.15) is 0 Å². The molecule has 0 bridgehead atoms. The zero-order chi connectivity index (χ0) is 11.0. The number of fused-ring (bicyclic) bond motifs is 1. The molecule has 3 nitrogen and oxygen atoms in total. The van der Waals surface area contributed by atoms with Crippen LogP contribution in [0.5, 0.6) is 0 Å². The summed E-state index contributed by atoms with van der Waals surface area (Å²) in [5.74, 6) is 0.708. The molecule has 0 fully saturated rings. The summed E-state index contributed by atoms with van der Waals surface area (Å²) in [6.07, 6.45) is 0. The Bertz CT molecular complexity index is 640. The van der Waals surface area contributed by atoms with Crippen molar-refractivity contribution in [2.75, 3.05) is 5.73 Å². The van der Waals surface area contributed by atoms with Gasteiger partial charge in [0.2, 0.25) is 0 Å². The molecular weight excluding hydrogens is 218 g/mol. The zero-order valence-corrected chi connectivity index (χ0v) is 9.24. The van der Waals surface area contributed by atoms with E-state index in [1.807, 2.05) is 24.3 Å². The molecule has 0 spiro atoms. The van der Waals surface area contributed by atoms with Crippen molar-refractivity contribution in [2.24, 2.45) is 0 Å². The minimum Gasteiger partial charge on any atom is -0.374 e. The van der Waals surface area contributed by atoms with Gasteiger partial charge in [-0.15, -0.1) is 0 Å². The van der Waals surface area contributed by atoms with Crippen LogP contribution in [0.25, 0.3) is 22.2 Å². The van der Waals surface area contributed by atoms with Crippen LogP contribution in [0.4, 0.5) is 5.13 Å². The van der Waals surface area contributed by atoms with E-state index in [2.05, 4.69) is 27.6 Å². The first kappa shape index (κ1) is 9.30. The van der Waals surface area contributed by atoms with Gasteiger partial charge in [-0.1, -0.05) is 42.5 Å². The second-order valence-electron chi connectivity index (χ2n) is 3.48. The molecule has 1 heterocycles. The van der Waals surface area contributed by atoms with Crippen LogP contribution < -0.4 is 5.73 Å². The van der Waals surface area contributed by atoms with E-state index in [4.69, 9.17) is 5.73 Å². The van der Waals surface area contributed by atoms with Gasteiger partial charge in [0.15, 0.2) is 11.0 Å². The first-order chi connectivity index (χ1) is 7.84. The molecule has 0 atom stereocenters. The highest BCUT2D eigenvalue weighted by molar-refractivity contribution is 7.09. The van der Waals surface area contributed by atoms with Crippen LogP contribution in [-0.4, -0.2) is 9.36 Å². The lowest BCUT2D eigenvalue weighted by molar-refractivity contribution is 1.34. The Hall–Kier alpha value is -1.94. The molecule has 1 aromatic heterocycles. The number of hydrogen-bond donors (Lipinski definition) is 1. The molecule has 16 heavy (non-hydrogen) atoms. The van der Waals surface area contributed by atoms with E-state index in [-0.39, 0.29) is 0 Å². The molecule has 3 aromatic rings. The van der Waals surface area contributed by atoms with Crippen LogP contribution >= 0.6 is 11.5 Å². The Kier molecular flexibility index (Phi) is 2.08. The number of aromatic nitrogens is 2. The van der Waals surface area contributed by atoms with Gasteiger partial charge in [0, 0.05) is 17.1 Å². The Morgan fingerprint density at radius 1 is 1.00 bits per heavy atom. The van der Waals surface area contributed by atoms with Crippen molar-refractivity contribution in [3.8, 4) is 11.4 Å². The summed E-state index contributed by atoms with van der Waals surface area (Å²) in [4.78, 5) is 4.22. The van der Waals surface area contributed by atoms with Crippen LogP contribution in [0.2, 0.25) is 0 Å². The van der Waals surface area contributed by atoms with Gasteiger partial charge < -0.3 is 5.73 Å². The van der Waals surface area contributed by atoms with Crippen molar-refractivity contribution in [1.82, 2.24) is 9.36 Å². The Morgan fingerprint density at radius 3 is 2.62 bits per heavy atom. The normalized spacial score (nSPS) is 10.8. The van der Waals surface area contributed by atoms with E-state index in [0.29, 0.717) is 11.0 Å². The molecule has 0 saturated carbocycles. The van der Waals surface area contributed by atoms with Crippen LogP contribution in [0.3, 0.4) is 0 Å². The molecule has 0 aliphatic rings. The minimum absolute atomic E-state index is 0.503. The van der Waals surface area contributed by atoms with E-state index in [1.54, 1.807) is 0 Å². The highest BCUT2D eigenvalue weighted by Gasteiger charge is 2.07. The summed E-state index contributed by atoms with van der Waals surface area (Å²) in [7, 11) is 0. The average molecular weight is 227 g/mol. The molecule has 4 heteroatoms. The number of benzene rings is 2. The van der Waals surface area contributed by atoms with Crippen molar-refractivity contribution in [2.45, 2.75) is 0 Å². The van der Waals surface area contributed by atoms with E-state index in [0.717, 1.165) is 10.9 Å². The lowest BCUT2D eigenvalue weighted by Crippen LogP contribution is -1.85. The maximum atomic E-state index is 5.60. The molecule has 0 aliphatic carbocycles. The summed E-state index contributed by atoms with van der Waals surface area (Å²) < 4.78 is 4.24. The number of nitrogen functional groups attached to an aromatic ring is 1. The summed E-state index contributed by atoms with van der Waals surface area (Å²) in [5.41, 5.74) is 6.64. The number of nitrogens with zero attached hydrogens (tertiary/aromatic N) is 2. The zero-order valence-electron chi connectivity index (χ0n) is 8.42. The molecule has 0 aliphatic heterocycles. The predicted molar refractivity (Wildman–Crippen MR) is 67.3 cm³/mol. The Morgan fingerprint density at radius 2 is 1.81 bits per heavy atom. The van der Waals surface area contributed by atoms with Crippen LogP contribution in [0.15, 0.2) is 42.5 Å². The maximum Gasteiger partial charge on any atom is 0.200 e. The van der Waals surface area contributed by atoms with Crippen molar-refractivity contribution < 1.29 is 0 Å². The number of nitrogens with two attached hydrogens (primary N) is 1. The van der Waals surface area contributed by atoms with Crippen LogP contribution in [0.1, 0.15) is 0 Å². The number of anilines is 1. The van der Waals surface area contributed by atoms with Gasteiger partial charge in [-0.05, 0) is 10.8 Å². The monoisotopic (exact) mass is 227 g/mol. The van der Waals surface area contributed by atoms with Gasteiger partial charge in [-0.25, -0.2) is 0 Å². The van der Waals surface area contributed by atoms with Crippen molar-refractivity contribution in [3.63, 3.8) is 0 Å². The topological polar surface area (TPSA) is 51.8 Å². The smallest absolute Gasteiger partial charge is 0.200 e. The quantitative estimate of drug-likeness (QED) is 0.695. The summed E-state index contributed by atoms with van der Waals surface area (Å²) in [6, 6.07) is 14.3. The van der Waals surface area contributed by atoms with Gasteiger partial charge in [0.25, 0.3) is 0 Å². The lowest BCUT2D eigenvalue weighted by atomic mass is 10.0. The average Bonchev–Trinajstić information content (AvgIpc) is 2.75. The first-order valence-electron chi connectivity index (χ1n) is 4.92. The predicted octanol–water partition coefficient (Wildman–Crippen LogP) is 2.94. The summed E-state index contributed by atoms with van der Waals surface area (Å²) in [5, 5.41) is 2.85. The molecule has 2 N–H and O–H groups in total. The molecular formula is C12H9N3S. The third-order valence-electron chi connectivity index (χ3n) is 2.47. The van der Waals surface area contributed by atoms with E-state index < -0.39 is 0 Å². The minimum atomic E-state index is 0.503. The lowest BCUT2D eigenvalue weighted by Gasteiger charge is -2.01.